The molecule has 1 aliphatic carbocycles. The van der Waals surface area contributed by atoms with E-state index in [1.165, 1.54) is 6.07 Å². The van der Waals surface area contributed by atoms with Crippen LogP contribution in [-0.2, 0) is 20.8 Å². The van der Waals surface area contributed by atoms with Gasteiger partial charge in [0, 0.05) is 36.4 Å². The van der Waals surface area contributed by atoms with Gasteiger partial charge >= 0.3 is 0 Å². The number of nitrogens with zero attached hydrogens (tertiary/aromatic N) is 2. The molecule has 1 aromatic heterocycles. The number of pyridine rings is 1. The molecule has 0 bridgehead atoms. The van der Waals surface area contributed by atoms with Crippen molar-refractivity contribution in [3.05, 3.63) is 78.0 Å². The zero-order chi connectivity index (χ0) is 42.6. The van der Waals surface area contributed by atoms with E-state index in [0.29, 0.717) is 11.1 Å². The number of aliphatic hydroxyl groups excluding tert-OH is 1. The normalized spacial score (nSPS) is 25.0. The molecule has 4 amide bonds. The summed E-state index contributed by atoms with van der Waals surface area (Å²) < 4.78 is 72.4. The highest BCUT2D eigenvalue weighted by Crippen LogP contribution is 2.39. The summed E-state index contributed by atoms with van der Waals surface area (Å²) in [5.41, 5.74) is 3.11. The van der Waals surface area contributed by atoms with E-state index in [4.69, 9.17) is 18.1 Å². The van der Waals surface area contributed by atoms with Crippen molar-refractivity contribution in [2.45, 2.75) is 95.3 Å². The summed E-state index contributed by atoms with van der Waals surface area (Å²) in [5.74, 6) is -3.53. The van der Waals surface area contributed by atoms with Crippen molar-refractivity contribution in [3.8, 4) is 0 Å². The van der Waals surface area contributed by atoms with Crippen molar-refractivity contribution in [2.75, 3.05) is 13.1 Å². The minimum Gasteiger partial charge on any atom is -0.390 e. The standard InChI is InChI=1S/C38H50N6O5/c1-38(2,3)43-37(49)32-20-26-14-7-8-15-27(26)22-44(32)23-33(45)30(19-24-11-5-4-6-12-24)41-36(48)31(21-34(39)46)42-35(47)29-18-17-25-13-9-10-16-28(25)40-29/h4-6,9-13,16-18,26-27,30-33,45H,7-8,14-15,19-23H2,1-3H3,(H2,39,46)(H,41,48)(H,42,47)(H,43,49)/t26-,27+,30-,31+,32-,33+/m0/s1/i1D3,2D3,3D3. The number of hydrogen-bond acceptors (Lipinski definition) is 7. The molecule has 1 aliphatic heterocycles. The van der Waals surface area contributed by atoms with Gasteiger partial charge in [-0.1, -0.05) is 73.9 Å². The van der Waals surface area contributed by atoms with Gasteiger partial charge in [-0.25, -0.2) is 4.98 Å². The second kappa shape index (κ2) is 15.9. The first-order valence-corrected chi connectivity index (χ1v) is 16.6. The number of para-hydroxylation sites is 1. The van der Waals surface area contributed by atoms with E-state index in [9.17, 15) is 24.3 Å². The molecule has 0 radical (unpaired) electrons. The van der Waals surface area contributed by atoms with Gasteiger partial charge < -0.3 is 26.8 Å². The number of piperidine rings is 1. The second-order valence-corrected chi connectivity index (χ2v) is 13.2. The number of fused-ring (bicyclic) bond motifs is 2. The summed E-state index contributed by atoms with van der Waals surface area (Å²) >= 11 is 0. The van der Waals surface area contributed by atoms with Gasteiger partial charge in [-0.15, -0.1) is 0 Å². The highest BCUT2D eigenvalue weighted by Gasteiger charge is 2.42. The van der Waals surface area contributed by atoms with Crippen molar-refractivity contribution >= 4 is 34.5 Å². The number of primary amides is 1. The number of aromatic nitrogens is 1. The van der Waals surface area contributed by atoms with Gasteiger partial charge in [0.25, 0.3) is 5.91 Å². The number of carbonyl (C=O) groups excluding carboxylic acids is 4. The van der Waals surface area contributed by atoms with E-state index in [-0.39, 0.29) is 43.5 Å². The van der Waals surface area contributed by atoms with Crippen LogP contribution < -0.4 is 21.7 Å². The summed E-state index contributed by atoms with van der Waals surface area (Å²) in [4.78, 5) is 59.6. The van der Waals surface area contributed by atoms with Crippen LogP contribution in [0.5, 0.6) is 0 Å². The van der Waals surface area contributed by atoms with Gasteiger partial charge in [0.15, 0.2) is 0 Å². The average molecular weight is 680 g/mol. The largest absolute Gasteiger partial charge is 0.390 e. The maximum Gasteiger partial charge on any atom is 0.270 e. The van der Waals surface area contributed by atoms with Gasteiger partial charge in [0.1, 0.15) is 11.7 Å². The third kappa shape index (κ3) is 9.86. The quantitative estimate of drug-likeness (QED) is 0.196. The lowest BCUT2D eigenvalue weighted by atomic mass is 9.72. The molecule has 0 spiro atoms. The van der Waals surface area contributed by atoms with Crippen LogP contribution in [0.25, 0.3) is 10.9 Å². The molecule has 6 N–H and O–H groups in total. The molecule has 6 atom stereocenters. The van der Waals surface area contributed by atoms with E-state index in [2.05, 4.69) is 15.6 Å². The van der Waals surface area contributed by atoms with Crippen LogP contribution in [0.3, 0.4) is 0 Å². The molecule has 11 nitrogen and oxygen atoms in total. The van der Waals surface area contributed by atoms with Gasteiger partial charge in [-0.3, -0.25) is 24.1 Å². The summed E-state index contributed by atoms with van der Waals surface area (Å²) in [6.07, 6.45) is 1.53. The summed E-state index contributed by atoms with van der Waals surface area (Å²) in [6, 6.07) is 15.3. The third-order valence-corrected chi connectivity index (χ3v) is 9.49. The van der Waals surface area contributed by atoms with Gasteiger partial charge in [-0.2, -0.15) is 0 Å². The number of benzene rings is 2. The first kappa shape index (κ1) is 25.6. The maximum atomic E-state index is 14.2. The van der Waals surface area contributed by atoms with Crippen molar-refractivity contribution < 1.29 is 36.6 Å². The molecule has 49 heavy (non-hydrogen) atoms. The molecule has 1 saturated carbocycles. The Balaban J connectivity index is 1.43. The lowest BCUT2D eigenvalue weighted by Crippen LogP contribution is -2.61. The average Bonchev–Trinajstić information content (AvgIpc) is 3.14. The number of hydrogen-bond donors (Lipinski definition) is 5. The topological polar surface area (TPSA) is 167 Å². The van der Waals surface area contributed by atoms with Crippen LogP contribution >= 0.6 is 0 Å². The Morgan fingerprint density at radius 2 is 1.69 bits per heavy atom. The fourth-order valence-corrected chi connectivity index (χ4v) is 7.08. The second-order valence-electron chi connectivity index (χ2n) is 13.2. The molecule has 2 aliphatic rings. The molecule has 2 aromatic carbocycles. The predicted octanol–water partition coefficient (Wildman–Crippen LogP) is 3.09. The number of β-amino-alcohol motifs (C(OH)–C–C–N with tert-alkyl or cyclic N) is 1. The Morgan fingerprint density at radius 1 is 0.980 bits per heavy atom. The molecule has 0 unspecified atom stereocenters. The lowest BCUT2D eigenvalue weighted by molar-refractivity contribution is -0.133. The third-order valence-electron chi connectivity index (χ3n) is 9.49. The summed E-state index contributed by atoms with van der Waals surface area (Å²) in [6.45, 7) is -11.0. The van der Waals surface area contributed by atoms with Crippen LogP contribution in [0, 0.1) is 11.8 Å². The van der Waals surface area contributed by atoms with E-state index in [1.807, 2.05) is 17.4 Å². The fourth-order valence-electron chi connectivity index (χ4n) is 7.08. The van der Waals surface area contributed by atoms with Crippen LogP contribution in [0.15, 0.2) is 66.7 Å². The highest BCUT2D eigenvalue weighted by atomic mass is 16.3. The van der Waals surface area contributed by atoms with Gasteiger partial charge in [0.05, 0.1) is 30.1 Å². The monoisotopic (exact) mass is 679 g/mol. The van der Waals surface area contributed by atoms with Crippen molar-refractivity contribution in [2.24, 2.45) is 17.6 Å². The summed E-state index contributed by atoms with van der Waals surface area (Å²) in [7, 11) is 0. The molecule has 5 rings (SSSR count). The molecule has 2 fully saturated rings. The van der Waals surface area contributed by atoms with Crippen molar-refractivity contribution in [1.29, 1.82) is 0 Å². The van der Waals surface area contributed by atoms with Crippen LogP contribution in [0.4, 0.5) is 0 Å². The Labute approximate surface area is 301 Å². The Hall–Kier alpha value is -4.35. The first-order chi connectivity index (χ1) is 27.1. The zero-order valence-corrected chi connectivity index (χ0v) is 27.2. The van der Waals surface area contributed by atoms with E-state index < -0.39 is 80.4 Å². The minimum absolute atomic E-state index is 0.00402. The Kier molecular flexibility index (Phi) is 8.31. The van der Waals surface area contributed by atoms with Crippen molar-refractivity contribution in [3.63, 3.8) is 0 Å². The van der Waals surface area contributed by atoms with E-state index in [1.54, 1.807) is 53.4 Å². The Morgan fingerprint density at radius 3 is 2.43 bits per heavy atom. The summed E-state index contributed by atoms with van der Waals surface area (Å²) in [5, 5.41) is 20.0. The van der Waals surface area contributed by atoms with Crippen molar-refractivity contribution in [1.82, 2.24) is 25.8 Å². The number of rotatable bonds is 12. The molecule has 2 heterocycles. The number of aliphatic hydroxyl groups is 1. The number of nitrogens with one attached hydrogen (secondary N) is 3. The van der Waals surface area contributed by atoms with Gasteiger partial charge in [0.2, 0.25) is 17.7 Å². The maximum absolute atomic E-state index is 14.2. The highest BCUT2D eigenvalue weighted by molar-refractivity contribution is 5.99. The number of nitrogens with two attached hydrogens (primary N) is 1. The Bertz CT molecular complexity index is 1910. The van der Waals surface area contributed by atoms with Gasteiger partial charge in [-0.05, 0) is 69.4 Å². The van der Waals surface area contributed by atoms with Crippen LogP contribution in [-0.4, -0.2) is 81.5 Å². The number of carbonyl (C=O) groups is 4. The number of amides is 4. The molecule has 3 aromatic rings. The lowest BCUT2D eigenvalue weighted by Gasteiger charge is -2.47. The van der Waals surface area contributed by atoms with E-state index in [0.717, 1.165) is 31.1 Å². The fraction of sp³-hybridized carbons (Fsp3) is 0.500. The molecule has 262 valence electrons. The SMILES string of the molecule is [2H]C([2H])([2H])C(NC(=O)[C@@H]1C[C@@H]2CCCC[C@@H]2CN1C[C@@H](O)[C@H](Cc1ccccc1)NC(=O)[C@@H](CC(N)=O)NC(=O)c1ccc2ccccc2n1)(C([2H])([2H])[2H])C([2H])([2H])[2H]. The zero-order valence-electron chi connectivity index (χ0n) is 36.2. The molecular formula is C38H50N6O5. The van der Waals surface area contributed by atoms with Crippen LogP contribution in [0.2, 0.25) is 0 Å². The first-order valence-electron chi connectivity index (χ1n) is 21.1. The predicted molar refractivity (Wildman–Crippen MR) is 188 cm³/mol. The molecule has 11 heteroatoms. The molecule has 1 saturated heterocycles. The van der Waals surface area contributed by atoms with Crippen LogP contribution in [0.1, 0.15) is 87.5 Å². The smallest absolute Gasteiger partial charge is 0.270 e. The van der Waals surface area contributed by atoms with E-state index >= 15 is 0 Å². The minimum atomic E-state index is -3.67. The number of likely N-dealkylation sites (tertiary alicyclic amines) is 1. The molecular weight excluding hydrogens is 620 g/mol.